The second-order valence-electron chi connectivity index (χ2n) is 1.82. The third kappa shape index (κ3) is 1.68. The lowest BCUT2D eigenvalue weighted by molar-refractivity contribution is 0.939. The zero-order valence-electron chi connectivity index (χ0n) is 5.00. The molecule has 1 aliphatic rings. The minimum absolute atomic E-state index is 0.267. The highest BCUT2D eigenvalue weighted by atomic mass is 16.3. The maximum Gasteiger partial charge on any atom is 0.107 e. The number of nitroso groups, excluding NO2 is 1. The van der Waals surface area contributed by atoms with E-state index < -0.39 is 0 Å². The predicted octanol–water partition coefficient (Wildman–Crippen LogP) is 0.796. The average molecular weight is 124 g/mol. The van der Waals surface area contributed by atoms with Crippen molar-refractivity contribution in [3.8, 4) is 0 Å². The van der Waals surface area contributed by atoms with Crippen LogP contribution in [0.25, 0.3) is 0 Å². The summed E-state index contributed by atoms with van der Waals surface area (Å²) in [6.45, 7) is 1.12. The number of dihydropyridines is 1. The largest absolute Gasteiger partial charge is 0.387 e. The minimum Gasteiger partial charge on any atom is -0.387 e. The van der Waals surface area contributed by atoms with Crippen molar-refractivity contribution < 1.29 is 0 Å². The molecule has 0 saturated carbocycles. The summed E-state index contributed by atoms with van der Waals surface area (Å²) in [7, 11) is 0. The highest BCUT2D eigenvalue weighted by molar-refractivity contribution is 5.22. The molecule has 0 aliphatic carbocycles. The SMILES string of the molecule is O=NCC1=CNCC=C1. The number of nitrogens with one attached hydrogen (secondary N) is 1. The topological polar surface area (TPSA) is 41.5 Å². The minimum atomic E-state index is 0.267. The fraction of sp³-hybridized carbons (Fsp3) is 0.333. The van der Waals surface area contributed by atoms with E-state index in [1.807, 2.05) is 12.2 Å². The molecule has 0 aromatic heterocycles. The van der Waals surface area contributed by atoms with Crippen molar-refractivity contribution in [2.24, 2.45) is 5.18 Å². The second kappa shape index (κ2) is 3.02. The van der Waals surface area contributed by atoms with Crippen LogP contribution < -0.4 is 5.32 Å². The molecule has 3 heteroatoms. The van der Waals surface area contributed by atoms with Gasteiger partial charge in [0.05, 0.1) is 0 Å². The summed E-state index contributed by atoms with van der Waals surface area (Å²) >= 11 is 0. The molecule has 3 nitrogen and oxygen atoms in total. The molecule has 1 rings (SSSR count). The lowest BCUT2D eigenvalue weighted by Crippen LogP contribution is -2.09. The van der Waals surface area contributed by atoms with Gasteiger partial charge in [-0.05, 0) is 5.57 Å². The molecule has 0 amide bonds. The Morgan fingerprint density at radius 3 is 3.22 bits per heavy atom. The molecule has 1 aliphatic heterocycles. The Morgan fingerprint density at radius 1 is 1.78 bits per heavy atom. The Morgan fingerprint density at radius 2 is 2.67 bits per heavy atom. The fourth-order valence-electron chi connectivity index (χ4n) is 0.689. The van der Waals surface area contributed by atoms with Crippen molar-refractivity contribution in [2.45, 2.75) is 0 Å². The van der Waals surface area contributed by atoms with Gasteiger partial charge < -0.3 is 5.32 Å². The van der Waals surface area contributed by atoms with Crippen LogP contribution in [0.2, 0.25) is 0 Å². The van der Waals surface area contributed by atoms with Crippen LogP contribution in [0.4, 0.5) is 0 Å². The highest BCUT2D eigenvalue weighted by Gasteiger charge is 1.93. The van der Waals surface area contributed by atoms with Gasteiger partial charge >= 0.3 is 0 Å². The van der Waals surface area contributed by atoms with E-state index in [9.17, 15) is 4.91 Å². The first-order valence-corrected chi connectivity index (χ1v) is 2.81. The van der Waals surface area contributed by atoms with Gasteiger partial charge in [-0.1, -0.05) is 17.3 Å². The molecule has 0 bridgehead atoms. The first-order valence-electron chi connectivity index (χ1n) is 2.81. The number of hydrogen-bond acceptors (Lipinski definition) is 3. The standard InChI is InChI=1S/C6H8N2O/c9-8-5-6-2-1-3-7-4-6/h1-2,4,7H,3,5H2. The first kappa shape index (κ1) is 6.01. The predicted molar refractivity (Wildman–Crippen MR) is 35.9 cm³/mol. The summed E-state index contributed by atoms with van der Waals surface area (Å²) in [6.07, 6.45) is 5.67. The number of hydrogen-bond donors (Lipinski definition) is 1. The Bertz CT molecular complexity index is 160. The average Bonchev–Trinajstić information content (AvgIpc) is 1.91. The molecule has 0 spiro atoms. The molecule has 0 radical (unpaired) electrons. The van der Waals surface area contributed by atoms with Crippen molar-refractivity contribution in [1.29, 1.82) is 0 Å². The molecule has 1 N–H and O–H groups in total. The third-order valence-corrected chi connectivity index (χ3v) is 1.10. The van der Waals surface area contributed by atoms with E-state index in [2.05, 4.69) is 10.5 Å². The summed E-state index contributed by atoms with van der Waals surface area (Å²) in [4.78, 5) is 9.72. The van der Waals surface area contributed by atoms with Crippen LogP contribution in [0.5, 0.6) is 0 Å². The molecule has 0 fully saturated rings. The summed E-state index contributed by atoms with van der Waals surface area (Å²) in [6, 6.07) is 0. The van der Waals surface area contributed by atoms with E-state index >= 15 is 0 Å². The number of rotatable bonds is 2. The molecule has 1 heterocycles. The summed E-state index contributed by atoms with van der Waals surface area (Å²) in [5, 5.41) is 5.72. The van der Waals surface area contributed by atoms with Gasteiger partial charge in [0.1, 0.15) is 6.54 Å². The van der Waals surface area contributed by atoms with Gasteiger partial charge in [0.25, 0.3) is 0 Å². The lowest BCUT2D eigenvalue weighted by atomic mass is 10.2. The van der Waals surface area contributed by atoms with E-state index in [0.29, 0.717) is 0 Å². The van der Waals surface area contributed by atoms with Gasteiger partial charge in [0.15, 0.2) is 0 Å². The highest BCUT2D eigenvalue weighted by Crippen LogP contribution is 1.98. The zero-order valence-corrected chi connectivity index (χ0v) is 5.00. The molecule has 0 aromatic rings. The summed E-state index contributed by atoms with van der Waals surface area (Å²) in [5.74, 6) is 0. The molecule has 0 aromatic carbocycles. The first-order chi connectivity index (χ1) is 4.43. The van der Waals surface area contributed by atoms with E-state index in [-0.39, 0.29) is 6.54 Å². The van der Waals surface area contributed by atoms with E-state index in [1.54, 1.807) is 6.20 Å². The van der Waals surface area contributed by atoms with Crippen LogP contribution in [0.1, 0.15) is 0 Å². The Balaban J connectivity index is 2.47. The van der Waals surface area contributed by atoms with Gasteiger partial charge in [0, 0.05) is 12.7 Å². The van der Waals surface area contributed by atoms with Crippen molar-refractivity contribution in [2.75, 3.05) is 13.1 Å². The van der Waals surface area contributed by atoms with Crippen LogP contribution in [0.3, 0.4) is 0 Å². The summed E-state index contributed by atoms with van der Waals surface area (Å²) < 4.78 is 0. The fourth-order valence-corrected chi connectivity index (χ4v) is 0.689. The third-order valence-electron chi connectivity index (χ3n) is 1.10. The Hall–Kier alpha value is -1.12. The van der Waals surface area contributed by atoms with Crippen LogP contribution in [-0.4, -0.2) is 13.1 Å². The van der Waals surface area contributed by atoms with Crippen molar-refractivity contribution >= 4 is 0 Å². The van der Waals surface area contributed by atoms with E-state index in [0.717, 1.165) is 12.1 Å². The van der Waals surface area contributed by atoms with E-state index in [1.165, 1.54) is 0 Å². The quantitative estimate of drug-likeness (QED) is 0.553. The van der Waals surface area contributed by atoms with Gasteiger partial charge in [-0.15, -0.1) is 0 Å². The molecular formula is C6H8N2O. The van der Waals surface area contributed by atoms with Gasteiger partial charge in [-0.2, -0.15) is 4.91 Å². The van der Waals surface area contributed by atoms with Crippen LogP contribution in [0.15, 0.2) is 29.1 Å². The molecule has 9 heavy (non-hydrogen) atoms. The Labute approximate surface area is 53.4 Å². The van der Waals surface area contributed by atoms with Crippen LogP contribution >= 0.6 is 0 Å². The van der Waals surface area contributed by atoms with Crippen molar-refractivity contribution in [3.05, 3.63) is 28.8 Å². The molecule has 48 valence electrons. The lowest BCUT2D eigenvalue weighted by Gasteiger charge is -2.03. The smallest absolute Gasteiger partial charge is 0.107 e. The van der Waals surface area contributed by atoms with E-state index in [4.69, 9.17) is 0 Å². The normalized spacial score (nSPS) is 16.2. The summed E-state index contributed by atoms with van der Waals surface area (Å²) in [5.41, 5.74) is 0.941. The van der Waals surface area contributed by atoms with Crippen molar-refractivity contribution in [1.82, 2.24) is 5.32 Å². The molecule has 0 unspecified atom stereocenters. The van der Waals surface area contributed by atoms with Crippen LogP contribution in [0, 0.1) is 4.91 Å². The van der Waals surface area contributed by atoms with Gasteiger partial charge in [0.2, 0.25) is 0 Å². The Kier molecular flexibility index (Phi) is 2.01. The molecule has 0 atom stereocenters. The maximum atomic E-state index is 9.72. The van der Waals surface area contributed by atoms with Crippen molar-refractivity contribution in [3.63, 3.8) is 0 Å². The maximum absolute atomic E-state index is 9.72. The molecular weight excluding hydrogens is 116 g/mol. The van der Waals surface area contributed by atoms with Crippen LogP contribution in [-0.2, 0) is 0 Å². The molecule has 0 saturated heterocycles. The zero-order chi connectivity index (χ0) is 6.53. The second-order valence-corrected chi connectivity index (χ2v) is 1.82. The monoisotopic (exact) mass is 124 g/mol. The van der Waals surface area contributed by atoms with Gasteiger partial charge in [-0.25, -0.2) is 0 Å². The number of nitrogens with zero attached hydrogens (tertiary/aromatic N) is 1. The van der Waals surface area contributed by atoms with Gasteiger partial charge in [-0.3, -0.25) is 0 Å².